The van der Waals surface area contributed by atoms with Crippen LogP contribution in [0.4, 0.5) is 4.39 Å². The molecule has 1 saturated heterocycles. The van der Waals surface area contributed by atoms with Crippen molar-refractivity contribution in [1.29, 1.82) is 0 Å². The predicted molar refractivity (Wildman–Crippen MR) is 101 cm³/mol. The van der Waals surface area contributed by atoms with Crippen molar-refractivity contribution in [2.24, 2.45) is 10.8 Å². The van der Waals surface area contributed by atoms with E-state index in [1.54, 1.807) is 0 Å². The van der Waals surface area contributed by atoms with Crippen molar-refractivity contribution >= 4 is 17.5 Å². The number of hydrogen-bond donors (Lipinski definition) is 2. The fourth-order valence-electron chi connectivity index (χ4n) is 3.73. The highest BCUT2D eigenvalue weighted by Crippen LogP contribution is 2.54. The zero-order valence-electron chi connectivity index (χ0n) is 15.7. The van der Waals surface area contributed by atoms with Gasteiger partial charge in [-0.1, -0.05) is 32.4 Å². The van der Waals surface area contributed by atoms with E-state index in [2.05, 4.69) is 10.2 Å². The van der Waals surface area contributed by atoms with Crippen molar-refractivity contribution in [3.8, 4) is 0 Å². The summed E-state index contributed by atoms with van der Waals surface area (Å²) in [5.74, 6) is -0.766. The molecule has 26 heavy (non-hydrogen) atoms. The van der Waals surface area contributed by atoms with Gasteiger partial charge in [-0.05, 0) is 61.4 Å². The molecule has 2 atom stereocenters. The third-order valence-corrected chi connectivity index (χ3v) is 6.12. The van der Waals surface area contributed by atoms with Crippen LogP contribution in [0.2, 0.25) is 5.02 Å². The summed E-state index contributed by atoms with van der Waals surface area (Å²) in [4.78, 5) is 14.7. The summed E-state index contributed by atoms with van der Waals surface area (Å²) in [6, 6.07) is 4.04. The lowest BCUT2D eigenvalue weighted by Gasteiger charge is -2.37. The number of aliphatic hydroxyl groups excluding tert-OH is 1. The van der Waals surface area contributed by atoms with Crippen molar-refractivity contribution in [1.82, 2.24) is 10.2 Å². The van der Waals surface area contributed by atoms with E-state index in [9.17, 15) is 14.3 Å². The number of aliphatic hydroxyl groups is 1. The third kappa shape index (κ3) is 4.38. The third-order valence-electron chi connectivity index (χ3n) is 5.90. The quantitative estimate of drug-likeness (QED) is 0.838. The van der Waals surface area contributed by atoms with Crippen LogP contribution in [0.15, 0.2) is 18.2 Å². The maximum atomic E-state index is 13.4. The summed E-state index contributed by atoms with van der Waals surface area (Å²) in [5.41, 5.74) is 0.315. The molecule has 0 radical (unpaired) electrons. The zero-order chi connectivity index (χ0) is 19.1. The molecule has 3 rings (SSSR count). The van der Waals surface area contributed by atoms with Gasteiger partial charge in [0.2, 0.25) is 0 Å². The number of carbonyl (C=O) groups excluding carboxylic acids is 1. The second-order valence-electron chi connectivity index (χ2n) is 8.93. The van der Waals surface area contributed by atoms with E-state index < -0.39 is 5.82 Å². The fraction of sp³-hybridized carbons (Fsp3) is 0.650. The average molecular weight is 383 g/mol. The molecule has 0 aromatic heterocycles. The van der Waals surface area contributed by atoms with E-state index in [0.29, 0.717) is 6.54 Å². The van der Waals surface area contributed by atoms with Crippen LogP contribution in [-0.4, -0.2) is 47.7 Å². The summed E-state index contributed by atoms with van der Waals surface area (Å²) in [6.07, 6.45) is 2.65. The Labute approximate surface area is 159 Å². The number of rotatable bonds is 4. The highest BCUT2D eigenvalue weighted by Gasteiger charge is 2.55. The number of hydrogen-bond acceptors (Lipinski definition) is 3. The standard InChI is InChI=1S/C20H28ClFN2O2/c1-19(2,3)17(25)12-24-6-4-20(5-7-24)11-16(20)23-18(26)13-8-14(21)10-15(22)9-13/h8-10,16-17,25H,4-7,11-12H2,1-3H3,(H,23,26)/t16-,17?/m0/s1. The molecule has 1 aromatic carbocycles. The lowest BCUT2D eigenvalue weighted by molar-refractivity contribution is 0.0166. The van der Waals surface area contributed by atoms with E-state index in [0.717, 1.165) is 32.4 Å². The summed E-state index contributed by atoms with van der Waals surface area (Å²) in [7, 11) is 0. The van der Waals surface area contributed by atoms with Gasteiger partial charge in [0.15, 0.2) is 0 Å². The molecule has 2 N–H and O–H groups in total. The van der Waals surface area contributed by atoms with Crippen LogP contribution in [0, 0.1) is 16.6 Å². The average Bonchev–Trinajstić information content (AvgIpc) is 3.19. The van der Waals surface area contributed by atoms with Gasteiger partial charge in [-0.2, -0.15) is 0 Å². The van der Waals surface area contributed by atoms with Crippen LogP contribution in [-0.2, 0) is 0 Å². The molecule has 1 amide bonds. The molecular weight excluding hydrogens is 355 g/mol. The molecule has 0 bridgehead atoms. The topological polar surface area (TPSA) is 52.6 Å². The van der Waals surface area contributed by atoms with E-state index in [4.69, 9.17) is 11.6 Å². The van der Waals surface area contributed by atoms with Crippen molar-refractivity contribution in [3.05, 3.63) is 34.6 Å². The number of halogens is 2. The second kappa shape index (κ2) is 7.10. The summed E-state index contributed by atoms with van der Waals surface area (Å²) in [5, 5.41) is 13.5. The number of amides is 1. The number of piperidine rings is 1. The number of benzene rings is 1. The minimum atomic E-state index is -0.501. The molecule has 2 fully saturated rings. The van der Waals surface area contributed by atoms with Crippen LogP contribution < -0.4 is 5.32 Å². The van der Waals surface area contributed by atoms with Crippen molar-refractivity contribution in [2.75, 3.05) is 19.6 Å². The number of likely N-dealkylation sites (tertiary alicyclic amines) is 1. The molecule has 1 aromatic rings. The molecule has 2 aliphatic rings. The minimum absolute atomic E-state index is 0.114. The smallest absolute Gasteiger partial charge is 0.251 e. The zero-order valence-corrected chi connectivity index (χ0v) is 16.4. The van der Waals surface area contributed by atoms with Gasteiger partial charge in [0.1, 0.15) is 5.82 Å². The van der Waals surface area contributed by atoms with Gasteiger partial charge in [-0.15, -0.1) is 0 Å². The van der Waals surface area contributed by atoms with Gasteiger partial charge in [-0.3, -0.25) is 4.79 Å². The van der Waals surface area contributed by atoms with Crippen LogP contribution in [0.1, 0.15) is 50.4 Å². The second-order valence-corrected chi connectivity index (χ2v) is 9.37. The van der Waals surface area contributed by atoms with Crippen LogP contribution in [0.5, 0.6) is 0 Å². The van der Waals surface area contributed by atoms with Gasteiger partial charge < -0.3 is 15.3 Å². The van der Waals surface area contributed by atoms with Crippen LogP contribution in [0.3, 0.4) is 0 Å². The maximum absolute atomic E-state index is 13.4. The van der Waals surface area contributed by atoms with Crippen LogP contribution in [0.25, 0.3) is 0 Å². The molecule has 1 heterocycles. The first-order valence-corrected chi connectivity index (χ1v) is 9.64. The van der Waals surface area contributed by atoms with Gasteiger partial charge in [0.25, 0.3) is 5.91 Å². The molecule has 1 aliphatic heterocycles. The maximum Gasteiger partial charge on any atom is 0.251 e. The largest absolute Gasteiger partial charge is 0.391 e. The Bertz CT molecular complexity index is 661. The Morgan fingerprint density at radius 1 is 1.38 bits per heavy atom. The van der Waals surface area contributed by atoms with E-state index in [1.807, 2.05) is 20.8 Å². The monoisotopic (exact) mass is 382 g/mol. The van der Waals surface area contributed by atoms with Crippen molar-refractivity contribution in [3.63, 3.8) is 0 Å². The molecule has 4 nitrogen and oxygen atoms in total. The summed E-state index contributed by atoms with van der Waals surface area (Å²) in [6.45, 7) is 8.71. The number of nitrogens with one attached hydrogen (secondary N) is 1. The fourth-order valence-corrected chi connectivity index (χ4v) is 3.95. The first-order chi connectivity index (χ1) is 12.1. The molecule has 1 spiro atoms. The lowest BCUT2D eigenvalue weighted by Crippen LogP contribution is -2.44. The van der Waals surface area contributed by atoms with E-state index in [1.165, 1.54) is 18.2 Å². The van der Waals surface area contributed by atoms with Crippen molar-refractivity contribution in [2.45, 2.75) is 52.2 Å². The Kier molecular flexibility index (Phi) is 5.35. The van der Waals surface area contributed by atoms with Gasteiger partial charge in [0.05, 0.1) is 6.10 Å². The SMILES string of the molecule is CC(C)(C)C(O)CN1CCC2(CC1)C[C@@H]2NC(=O)c1cc(F)cc(Cl)c1. The van der Waals surface area contributed by atoms with Crippen LogP contribution >= 0.6 is 11.6 Å². The number of carbonyl (C=O) groups is 1. The highest BCUT2D eigenvalue weighted by atomic mass is 35.5. The predicted octanol–water partition coefficient (Wildman–Crippen LogP) is 3.47. The number of nitrogens with zero attached hydrogens (tertiary/aromatic N) is 1. The molecule has 144 valence electrons. The number of β-amino-alcohol motifs (C(OH)–C–C–N with tert-alkyl or cyclic N) is 1. The molecular formula is C20H28ClFN2O2. The highest BCUT2D eigenvalue weighted by molar-refractivity contribution is 6.31. The molecule has 6 heteroatoms. The Morgan fingerprint density at radius 2 is 2.04 bits per heavy atom. The summed E-state index contributed by atoms with van der Waals surface area (Å²) < 4.78 is 13.4. The van der Waals surface area contributed by atoms with E-state index >= 15 is 0 Å². The first-order valence-electron chi connectivity index (χ1n) is 9.26. The Morgan fingerprint density at radius 3 is 2.62 bits per heavy atom. The molecule has 1 aliphatic carbocycles. The van der Waals surface area contributed by atoms with Gasteiger partial charge >= 0.3 is 0 Å². The Hall–Kier alpha value is -1.17. The normalized spacial score (nSPS) is 23.7. The first kappa shape index (κ1) is 19.6. The Balaban J connectivity index is 1.50. The van der Waals surface area contributed by atoms with Gasteiger partial charge in [0, 0.05) is 23.2 Å². The minimum Gasteiger partial charge on any atom is -0.391 e. The lowest BCUT2D eigenvalue weighted by atomic mass is 9.87. The van der Waals surface area contributed by atoms with Gasteiger partial charge in [-0.25, -0.2) is 4.39 Å². The van der Waals surface area contributed by atoms with E-state index in [-0.39, 0.29) is 39.5 Å². The molecule has 1 saturated carbocycles. The van der Waals surface area contributed by atoms with Crippen molar-refractivity contribution < 1.29 is 14.3 Å². The summed E-state index contributed by atoms with van der Waals surface area (Å²) >= 11 is 5.83. The molecule has 1 unspecified atom stereocenters.